The number of ether oxygens (including phenoxy) is 3. The molecule has 1 spiro atoms. The molecule has 0 bridgehead atoms. The zero-order valence-electron chi connectivity index (χ0n) is 15.5. The predicted octanol–water partition coefficient (Wildman–Crippen LogP) is 1.21. The van der Waals surface area contributed by atoms with Gasteiger partial charge in [0, 0.05) is 25.9 Å². The van der Waals surface area contributed by atoms with Gasteiger partial charge in [-0.3, -0.25) is 9.59 Å². The van der Waals surface area contributed by atoms with Crippen LogP contribution in [0.5, 0.6) is 0 Å². The fourth-order valence-electron chi connectivity index (χ4n) is 3.45. The van der Waals surface area contributed by atoms with Gasteiger partial charge in [0.1, 0.15) is 19.0 Å². The summed E-state index contributed by atoms with van der Waals surface area (Å²) in [6.45, 7) is 2.27. The van der Waals surface area contributed by atoms with E-state index in [1.54, 1.807) is 29.0 Å². The molecule has 2 aliphatic heterocycles. The first-order valence-corrected chi connectivity index (χ1v) is 9.07. The highest BCUT2D eigenvalue weighted by molar-refractivity contribution is 5.95. The molecule has 148 valence electrons. The number of nitrogens with zero attached hydrogens (tertiary/aromatic N) is 2. The van der Waals surface area contributed by atoms with Crippen LogP contribution in [0, 0.1) is 5.82 Å². The topological polar surface area (TPSA) is 68.3 Å². The van der Waals surface area contributed by atoms with Gasteiger partial charge < -0.3 is 24.0 Å². The van der Waals surface area contributed by atoms with Crippen LogP contribution >= 0.6 is 0 Å². The number of carbonyl (C=O) groups excluding carboxylic acids is 2. The van der Waals surface area contributed by atoms with Crippen molar-refractivity contribution in [3.05, 3.63) is 30.1 Å². The molecule has 2 aliphatic rings. The first kappa shape index (κ1) is 19.7. The molecule has 0 N–H and O–H groups in total. The average molecular weight is 380 g/mol. The maximum absolute atomic E-state index is 13.5. The number of anilines is 1. The SMILES string of the molecule is COCCOCC(=O)N1CCC2(CC1)CN(c1cccc(F)c1)C(=O)CO2. The minimum atomic E-state index is -0.506. The van der Waals surface area contributed by atoms with Crippen LogP contribution < -0.4 is 4.90 Å². The zero-order chi connectivity index (χ0) is 19.3. The molecule has 0 saturated carbocycles. The molecule has 7 nitrogen and oxygen atoms in total. The van der Waals surface area contributed by atoms with Gasteiger partial charge in [-0.1, -0.05) is 6.07 Å². The van der Waals surface area contributed by atoms with Gasteiger partial charge in [0.05, 0.1) is 25.4 Å². The standard InChI is InChI=1S/C19H25FN2O5/c1-25-9-10-26-12-17(23)21-7-5-19(6-8-21)14-22(18(24)13-27-19)16-4-2-3-15(20)11-16/h2-4,11H,5-10,12-14H2,1H3. The van der Waals surface area contributed by atoms with Crippen molar-refractivity contribution in [2.24, 2.45) is 0 Å². The fourth-order valence-corrected chi connectivity index (χ4v) is 3.45. The summed E-state index contributed by atoms with van der Waals surface area (Å²) in [5, 5.41) is 0. The zero-order valence-corrected chi connectivity index (χ0v) is 15.5. The number of carbonyl (C=O) groups is 2. The molecular weight excluding hydrogens is 355 g/mol. The summed E-state index contributed by atoms with van der Waals surface area (Å²) in [5.74, 6) is -0.624. The van der Waals surface area contributed by atoms with Crippen LogP contribution in [-0.2, 0) is 23.8 Å². The molecule has 2 fully saturated rings. The van der Waals surface area contributed by atoms with E-state index in [1.165, 1.54) is 12.1 Å². The monoisotopic (exact) mass is 380 g/mol. The van der Waals surface area contributed by atoms with Gasteiger partial charge in [-0.25, -0.2) is 4.39 Å². The highest BCUT2D eigenvalue weighted by atomic mass is 19.1. The van der Waals surface area contributed by atoms with Crippen molar-refractivity contribution in [2.75, 3.05) is 58.1 Å². The van der Waals surface area contributed by atoms with E-state index in [1.807, 2.05) is 0 Å². The lowest BCUT2D eigenvalue weighted by Crippen LogP contribution is -2.59. The maximum Gasteiger partial charge on any atom is 0.253 e. The van der Waals surface area contributed by atoms with E-state index >= 15 is 0 Å². The average Bonchev–Trinajstić information content (AvgIpc) is 2.68. The largest absolute Gasteiger partial charge is 0.382 e. The Kier molecular flexibility index (Phi) is 6.41. The summed E-state index contributed by atoms with van der Waals surface area (Å²) in [5.41, 5.74) is 0.0289. The molecule has 2 amide bonds. The number of hydrogen-bond donors (Lipinski definition) is 0. The Morgan fingerprint density at radius 3 is 2.78 bits per heavy atom. The summed E-state index contributed by atoms with van der Waals surface area (Å²) in [6, 6.07) is 6.01. The number of rotatable bonds is 6. The lowest BCUT2D eigenvalue weighted by molar-refractivity contribution is -0.152. The number of halogens is 1. The van der Waals surface area contributed by atoms with E-state index in [-0.39, 0.29) is 30.8 Å². The number of hydrogen-bond acceptors (Lipinski definition) is 5. The summed E-state index contributed by atoms with van der Waals surface area (Å²) >= 11 is 0. The molecular formula is C19H25FN2O5. The van der Waals surface area contributed by atoms with E-state index in [0.29, 0.717) is 51.4 Å². The van der Waals surface area contributed by atoms with Crippen LogP contribution in [0.1, 0.15) is 12.8 Å². The Morgan fingerprint density at radius 2 is 2.07 bits per heavy atom. The number of methoxy groups -OCH3 is 1. The molecule has 27 heavy (non-hydrogen) atoms. The second-order valence-electron chi connectivity index (χ2n) is 6.86. The molecule has 0 aliphatic carbocycles. The van der Waals surface area contributed by atoms with Crippen molar-refractivity contribution >= 4 is 17.5 Å². The van der Waals surface area contributed by atoms with E-state index < -0.39 is 5.60 Å². The lowest BCUT2D eigenvalue weighted by atomic mass is 9.89. The van der Waals surface area contributed by atoms with Crippen LogP contribution in [0.2, 0.25) is 0 Å². The molecule has 0 unspecified atom stereocenters. The Bertz CT molecular complexity index is 676. The third kappa shape index (κ3) is 4.82. The van der Waals surface area contributed by atoms with Crippen LogP contribution in [0.3, 0.4) is 0 Å². The van der Waals surface area contributed by atoms with Gasteiger partial charge >= 0.3 is 0 Å². The Balaban J connectivity index is 1.57. The maximum atomic E-state index is 13.5. The number of benzene rings is 1. The van der Waals surface area contributed by atoms with E-state index in [2.05, 4.69) is 0 Å². The van der Waals surface area contributed by atoms with Crippen molar-refractivity contribution in [1.29, 1.82) is 0 Å². The van der Waals surface area contributed by atoms with Gasteiger partial charge in [-0.2, -0.15) is 0 Å². The summed E-state index contributed by atoms with van der Waals surface area (Å²) in [6.07, 6.45) is 1.24. The Hall–Kier alpha value is -2.03. The first-order chi connectivity index (χ1) is 13.0. The van der Waals surface area contributed by atoms with Gasteiger partial charge in [0.2, 0.25) is 5.91 Å². The smallest absolute Gasteiger partial charge is 0.253 e. The number of likely N-dealkylation sites (tertiary alicyclic amines) is 1. The van der Waals surface area contributed by atoms with Crippen molar-refractivity contribution < 1.29 is 28.2 Å². The normalized spacial score (nSPS) is 19.6. The van der Waals surface area contributed by atoms with Gasteiger partial charge in [0.25, 0.3) is 5.91 Å². The summed E-state index contributed by atoms with van der Waals surface area (Å²) < 4.78 is 29.6. The second-order valence-corrected chi connectivity index (χ2v) is 6.86. The third-order valence-electron chi connectivity index (χ3n) is 5.05. The minimum absolute atomic E-state index is 0.0329. The van der Waals surface area contributed by atoms with Crippen LogP contribution in [0.25, 0.3) is 0 Å². The molecule has 1 aromatic carbocycles. The van der Waals surface area contributed by atoms with Crippen LogP contribution in [0.15, 0.2) is 24.3 Å². The van der Waals surface area contributed by atoms with E-state index in [4.69, 9.17) is 14.2 Å². The molecule has 2 saturated heterocycles. The summed E-state index contributed by atoms with van der Waals surface area (Å²) in [4.78, 5) is 27.8. The first-order valence-electron chi connectivity index (χ1n) is 9.07. The molecule has 3 rings (SSSR count). The van der Waals surface area contributed by atoms with Gasteiger partial charge in [-0.05, 0) is 31.0 Å². The van der Waals surface area contributed by atoms with Gasteiger partial charge in [0.15, 0.2) is 0 Å². The van der Waals surface area contributed by atoms with Crippen molar-refractivity contribution in [2.45, 2.75) is 18.4 Å². The fraction of sp³-hybridized carbons (Fsp3) is 0.579. The Labute approximate surface area is 158 Å². The number of piperidine rings is 1. The quantitative estimate of drug-likeness (QED) is 0.694. The minimum Gasteiger partial charge on any atom is -0.382 e. The van der Waals surface area contributed by atoms with Gasteiger partial charge in [-0.15, -0.1) is 0 Å². The molecule has 0 aromatic heterocycles. The van der Waals surface area contributed by atoms with Crippen LogP contribution in [-0.4, -0.2) is 75.5 Å². The summed E-state index contributed by atoms with van der Waals surface area (Å²) in [7, 11) is 1.58. The number of amides is 2. The van der Waals surface area contributed by atoms with Crippen molar-refractivity contribution in [3.63, 3.8) is 0 Å². The Morgan fingerprint density at radius 1 is 1.30 bits per heavy atom. The van der Waals surface area contributed by atoms with Crippen molar-refractivity contribution in [1.82, 2.24) is 4.90 Å². The predicted molar refractivity (Wildman–Crippen MR) is 95.9 cm³/mol. The van der Waals surface area contributed by atoms with Crippen molar-refractivity contribution in [3.8, 4) is 0 Å². The van der Waals surface area contributed by atoms with E-state index in [9.17, 15) is 14.0 Å². The second kappa shape index (κ2) is 8.77. The van der Waals surface area contributed by atoms with Crippen LogP contribution in [0.4, 0.5) is 10.1 Å². The molecule has 1 aromatic rings. The number of morpholine rings is 1. The highest BCUT2D eigenvalue weighted by Crippen LogP contribution is 2.33. The molecule has 0 atom stereocenters. The molecule has 0 radical (unpaired) electrons. The molecule has 2 heterocycles. The third-order valence-corrected chi connectivity index (χ3v) is 5.05. The molecule has 8 heteroatoms. The highest BCUT2D eigenvalue weighted by Gasteiger charge is 2.43. The lowest BCUT2D eigenvalue weighted by Gasteiger charge is -2.47. The van der Waals surface area contributed by atoms with E-state index in [0.717, 1.165) is 0 Å².